The molecule has 122 valence electrons. The molecular formula is C18H27NO3. The Morgan fingerprint density at radius 1 is 1.09 bits per heavy atom. The third-order valence-electron chi connectivity index (χ3n) is 4.16. The number of carbonyl (C=O) groups is 1. The molecule has 1 aromatic rings. The number of hydrogen-bond donors (Lipinski definition) is 0. The van der Waals surface area contributed by atoms with E-state index in [4.69, 9.17) is 9.47 Å². The second kappa shape index (κ2) is 8.91. The number of carbonyl (C=O) groups excluding carboxylic acids is 1. The zero-order valence-corrected chi connectivity index (χ0v) is 13.7. The summed E-state index contributed by atoms with van der Waals surface area (Å²) in [4.78, 5) is 13.6. The van der Waals surface area contributed by atoms with Crippen molar-refractivity contribution >= 4 is 5.91 Å². The lowest BCUT2D eigenvalue weighted by Crippen LogP contribution is -2.34. The van der Waals surface area contributed by atoms with Crippen molar-refractivity contribution in [3.8, 4) is 0 Å². The van der Waals surface area contributed by atoms with Gasteiger partial charge in [-0.2, -0.15) is 0 Å². The molecule has 0 heterocycles. The number of nitrogens with zero attached hydrogens (tertiary/aromatic N) is 1. The molecule has 0 N–H and O–H groups in total. The number of ether oxygens (including phenoxy) is 2. The van der Waals surface area contributed by atoms with Crippen LogP contribution in [-0.2, 0) is 20.9 Å². The second-order valence-electron chi connectivity index (χ2n) is 6.12. The molecule has 0 radical (unpaired) electrons. The van der Waals surface area contributed by atoms with Crippen LogP contribution in [0.4, 0.5) is 0 Å². The van der Waals surface area contributed by atoms with Gasteiger partial charge in [0.2, 0.25) is 5.91 Å². The zero-order chi connectivity index (χ0) is 15.8. The fourth-order valence-corrected chi connectivity index (χ4v) is 2.88. The minimum absolute atomic E-state index is 0.184. The van der Waals surface area contributed by atoms with Crippen LogP contribution in [0.5, 0.6) is 0 Å². The van der Waals surface area contributed by atoms with Crippen LogP contribution in [0.15, 0.2) is 30.3 Å². The minimum atomic E-state index is 0.184. The highest BCUT2D eigenvalue weighted by Crippen LogP contribution is 2.27. The maximum atomic E-state index is 11.9. The van der Waals surface area contributed by atoms with E-state index in [0.29, 0.717) is 19.8 Å². The van der Waals surface area contributed by atoms with Crippen molar-refractivity contribution in [1.82, 2.24) is 4.90 Å². The van der Waals surface area contributed by atoms with Gasteiger partial charge >= 0.3 is 0 Å². The van der Waals surface area contributed by atoms with Crippen LogP contribution < -0.4 is 0 Å². The van der Waals surface area contributed by atoms with Gasteiger partial charge in [-0.3, -0.25) is 4.79 Å². The highest BCUT2D eigenvalue weighted by molar-refractivity contribution is 5.78. The Bertz CT molecular complexity index is 439. The van der Waals surface area contributed by atoms with E-state index in [1.165, 1.54) is 5.56 Å². The van der Waals surface area contributed by atoms with Crippen molar-refractivity contribution in [2.45, 2.75) is 38.4 Å². The molecule has 0 spiro atoms. The first kappa shape index (κ1) is 17.0. The molecule has 0 aromatic heterocycles. The maximum absolute atomic E-state index is 11.9. The Morgan fingerprint density at radius 2 is 1.77 bits per heavy atom. The van der Waals surface area contributed by atoms with Crippen LogP contribution >= 0.6 is 0 Å². The van der Waals surface area contributed by atoms with E-state index in [-0.39, 0.29) is 17.9 Å². The van der Waals surface area contributed by atoms with Crippen LogP contribution in [0, 0.1) is 5.92 Å². The van der Waals surface area contributed by atoms with E-state index in [9.17, 15) is 4.79 Å². The van der Waals surface area contributed by atoms with E-state index >= 15 is 0 Å². The summed E-state index contributed by atoms with van der Waals surface area (Å²) in [6, 6.07) is 10.2. The number of amides is 1. The van der Waals surface area contributed by atoms with Crippen molar-refractivity contribution < 1.29 is 14.3 Å². The van der Waals surface area contributed by atoms with Crippen molar-refractivity contribution in [3.05, 3.63) is 35.9 Å². The highest BCUT2D eigenvalue weighted by Gasteiger charge is 2.27. The fraction of sp³-hybridized carbons (Fsp3) is 0.611. The summed E-state index contributed by atoms with van der Waals surface area (Å²) in [5, 5.41) is 0. The van der Waals surface area contributed by atoms with Gasteiger partial charge in [0.05, 0.1) is 25.9 Å². The van der Waals surface area contributed by atoms with Gasteiger partial charge in [0.15, 0.2) is 0 Å². The van der Waals surface area contributed by atoms with Crippen LogP contribution in [0.1, 0.15) is 31.2 Å². The first-order chi connectivity index (χ1) is 10.7. The van der Waals surface area contributed by atoms with Gasteiger partial charge in [0, 0.05) is 20.0 Å². The lowest BCUT2D eigenvalue weighted by Gasteiger charge is -2.29. The lowest BCUT2D eigenvalue weighted by molar-refractivity contribution is -0.135. The first-order valence-corrected chi connectivity index (χ1v) is 8.11. The van der Waals surface area contributed by atoms with Gasteiger partial charge < -0.3 is 14.4 Å². The molecule has 1 fully saturated rings. The highest BCUT2D eigenvalue weighted by atomic mass is 16.5. The van der Waals surface area contributed by atoms with Crippen molar-refractivity contribution in [1.29, 1.82) is 0 Å². The predicted molar refractivity (Wildman–Crippen MR) is 86.5 cm³/mol. The topological polar surface area (TPSA) is 38.8 Å². The Hall–Kier alpha value is -1.39. The third kappa shape index (κ3) is 5.43. The predicted octanol–water partition coefficient (Wildman–Crippen LogP) is 2.87. The molecule has 0 atom stereocenters. The van der Waals surface area contributed by atoms with E-state index in [2.05, 4.69) is 12.1 Å². The molecule has 1 amide bonds. The Morgan fingerprint density at radius 3 is 2.41 bits per heavy atom. The summed E-state index contributed by atoms with van der Waals surface area (Å²) in [5.74, 6) is 0.439. The molecule has 4 heteroatoms. The van der Waals surface area contributed by atoms with E-state index in [0.717, 1.165) is 25.7 Å². The summed E-state index contributed by atoms with van der Waals surface area (Å²) in [6.45, 7) is 1.88. The normalized spacial score (nSPS) is 21.5. The molecule has 1 aliphatic carbocycles. The molecular weight excluding hydrogens is 278 g/mol. The summed E-state index contributed by atoms with van der Waals surface area (Å²) in [5.41, 5.74) is 1.19. The summed E-state index contributed by atoms with van der Waals surface area (Å²) in [7, 11) is 3.66. The smallest absolute Gasteiger partial charge is 0.225 e. The van der Waals surface area contributed by atoms with Gasteiger partial charge in [0.1, 0.15) is 0 Å². The largest absolute Gasteiger partial charge is 0.376 e. The SMILES string of the molecule is CN(C)C(=O)C1CCC(OCCOCc2ccccc2)CC1. The molecule has 0 bridgehead atoms. The summed E-state index contributed by atoms with van der Waals surface area (Å²) in [6.07, 6.45) is 4.11. The van der Waals surface area contributed by atoms with Gasteiger partial charge in [-0.1, -0.05) is 30.3 Å². The molecule has 1 aromatic carbocycles. The van der Waals surface area contributed by atoms with E-state index < -0.39 is 0 Å². The molecule has 4 nitrogen and oxygen atoms in total. The molecule has 22 heavy (non-hydrogen) atoms. The van der Waals surface area contributed by atoms with Crippen molar-refractivity contribution in [2.24, 2.45) is 5.92 Å². The number of benzene rings is 1. The maximum Gasteiger partial charge on any atom is 0.225 e. The average molecular weight is 305 g/mol. The van der Waals surface area contributed by atoms with Crippen LogP contribution in [0.25, 0.3) is 0 Å². The molecule has 0 aliphatic heterocycles. The quantitative estimate of drug-likeness (QED) is 0.727. The van der Waals surface area contributed by atoms with Crippen LogP contribution in [-0.4, -0.2) is 44.2 Å². The molecule has 0 saturated heterocycles. The number of rotatable bonds is 7. The molecule has 0 unspecified atom stereocenters. The average Bonchev–Trinajstić information content (AvgIpc) is 2.55. The van der Waals surface area contributed by atoms with Gasteiger partial charge in [0.25, 0.3) is 0 Å². The third-order valence-corrected chi connectivity index (χ3v) is 4.16. The number of hydrogen-bond acceptors (Lipinski definition) is 3. The van der Waals surface area contributed by atoms with E-state index in [1.807, 2.05) is 32.3 Å². The second-order valence-corrected chi connectivity index (χ2v) is 6.12. The minimum Gasteiger partial charge on any atom is -0.376 e. The molecule has 1 saturated carbocycles. The summed E-state index contributed by atoms with van der Waals surface area (Å²) >= 11 is 0. The zero-order valence-electron chi connectivity index (χ0n) is 13.7. The Balaban J connectivity index is 1.55. The Kier molecular flexibility index (Phi) is 6.87. The van der Waals surface area contributed by atoms with Gasteiger partial charge in [-0.15, -0.1) is 0 Å². The van der Waals surface area contributed by atoms with Crippen LogP contribution in [0.2, 0.25) is 0 Å². The van der Waals surface area contributed by atoms with Gasteiger partial charge in [-0.05, 0) is 31.2 Å². The Labute approximate surface area is 133 Å². The first-order valence-electron chi connectivity index (χ1n) is 8.11. The fourth-order valence-electron chi connectivity index (χ4n) is 2.88. The lowest BCUT2D eigenvalue weighted by atomic mass is 9.86. The van der Waals surface area contributed by atoms with Crippen molar-refractivity contribution in [3.63, 3.8) is 0 Å². The standard InChI is InChI=1S/C18H27NO3/c1-19(2)18(20)16-8-10-17(11-9-16)22-13-12-21-14-15-6-4-3-5-7-15/h3-7,16-17H,8-14H2,1-2H3. The van der Waals surface area contributed by atoms with Gasteiger partial charge in [-0.25, -0.2) is 0 Å². The van der Waals surface area contributed by atoms with E-state index in [1.54, 1.807) is 4.90 Å². The summed E-state index contributed by atoms with van der Waals surface area (Å²) < 4.78 is 11.5. The van der Waals surface area contributed by atoms with Crippen molar-refractivity contribution in [2.75, 3.05) is 27.3 Å². The molecule has 1 aliphatic rings. The van der Waals surface area contributed by atoms with Crippen LogP contribution in [0.3, 0.4) is 0 Å². The molecule has 2 rings (SSSR count). The monoisotopic (exact) mass is 305 g/mol.